The van der Waals surface area contributed by atoms with E-state index in [1.165, 1.54) is 12.1 Å². The SMILES string of the molecule is O=C1C[C@@H](c2ccccc2)Oc2cc(O)cc(O[C@H]3O[C@@H](CO)[C@@H](O)[C@@H](O)[C@H]3O)c21. The van der Waals surface area contributed by atoms with Gasteiger partial charge in [-0.25, -0.2) is 0 Å². The molecule has 1 saturated heterocycles. The van der Waals surface area contributed by atoms with Crippen molar-refractivity contribution in [1.29, 1.82) is 0 Å². The Morgan fingerprint density at radius 3 is 2.47 bits per heavy atom. The minimum Gasteiger partial charge on any atom is -0.508 e. The molecule has 6 atom stereocenters. The molecule has 9 nitrogen and oxygen atoms in total. The monoisotopic (exact) mass is 418 g/mol. The first kappa shape index (κ1) is 20.6. The van der Waals surface area contributed by atoms with Crippen molar-refractivity contribution in [3.8, 4) is 17.2 Å². The zero-order valence-corrected chi connectivity index (χ0v) is 15.8. The summed E-state index contributed by atoms with van der Waals surface area (Å²) in [5.74, 6) is -0.537. The molecule has 0 saturated carbocycles. The molecule has 30 heavy (non-hydrogen) atoms. The molecule has 2 aliphatic rings. The molecular formula is C21H22O9. The van der Waals surface area contributed by atoms with Gasteiger partial charge in [0.05, 0.1) is 13.0 Å². The molecule has 2 aromatic carbocycles. The van der Waals surface area contributed by atoms with E-state index >= 15 is 0 Å². The van der Waals surface area contributed by atoms with Crippen LogP contribution in [0.25, 0.3) is 0 Å². The van der Waals surface area contributed by atoms with Gasteiger partial charge >= 0.3 is 0 Å². The summed E-state index contributed by atoms with van der Waals surface area (Å²) in [4.78, 5) is 12.9. The number of carbonyl (C=O) groups excluding carboxylic acids is 1. The maximum Gasteiger partial charge on any atom is 0.229 e. The van der Waals surface area contributed by atoms with Crippen LogP contribution in [0.1, 0.15) is 28.4 Å². The van der Waals surface area contributed by atoms with Crippen LogP contribution in [0.2, 0.25) is 0 Å². The Bertz CT molecular complexity index is 914. The van der Waals surface area contributed by atoms with E-state index in [1.54, 1.807) is 0 Å². The van der Waals surface area contributed by atoms with E-state index in [2.05, 4.69) is 0 Å². The van der Waals surface area contributed by atoms with Crippen molar-refractivity contribution >= 4 is 5.78 Å². The van der Waals surface area contributed by atoms with Crippen LogP contribution in [0.3, 0.4) is 0 Å². The molecule has 0 spiro atoms. The third-order valence-corrected chi connectivity index (χ3v) is 5.23. The fraction of sp³-hybridized carbons (Fsp3) is 0.381. The van der Waals surface area contributed by atoms with Crippen molar-refractivity contribution in [2.45, 2.75) is 43.2 Å². The second-order valence-electron chi connectivity index (χ2n) is 7.28. The number of hydrogen-bond donors (Lipinski definition) is 5. The molecule has 2 aromatic rings. The third kappa shape index (κ3) is 3.73. The number of benzene rings is 2. The predicted octanol–water partition coefficient (Wildman–Crippen LogP) is 0.277. The molecule has 0 amide bonds. The average molecular weight is 418 g/mol. The highest BCUT2D eigenvalue weighted by atomic mass is 16.7. The number of hydrogen-bond acceptors (Lipinski definition) is 9. The van der Waals surface area contributed by atoms with Gasteiger partial charge in [0.1, 0.15) is 53.3 Å². The summed E-state index contributed by atoms with van der Waals surface area (Å²) in [5, 5.41) is 49.4. The number of Topliss-reactive ketones (excluding diaryl/α,β-unsaturated/α-hetero) is 1. The Kier molecular flexibility index (Phi) is 5.63. The first-order valence-electron chi connectivity index (χ1n) is 9.48. The first-order chi connectivity index (χ1) is 14.4. The van der Waals surface area contributed by atoms with Gasteiger partial charge in [0.2, 0.25) is 6.29 Å². The van der Waals surface area contributed by atoms with Crippen molar-refractivity contribution in [2.75, 3.05) is 6.61 Å². The zero-order chi connectivity index (χ0) is 21.4. The topological polar surface area (TPSA) is 146 Å². The molecule has 0 unspecified atom stereocenters. The Labute approximate surface area is 171 Å². The maximum absolute atomic E-state index is 12.9. The summed E-state index contributed by atoms with van der Waals surface area (Å²) in [6.45, 7) is -0.621. The van der Waals surface area contributed by atoms with E-state index in [0.29, 0.717) is 0 Å². The Hall–Kier alpha value is -2.69. The molecular weight excluding hydrogens is 396 g/mol. The number of ether oxygens (including phenoxy) is 3. The molecule has 2 heterocycles. The van der Waals surface area contributed by atoms with Crippen molar-refractivity contribution in [2.24, 2.45) is 0 Å². The normalized spacial score (nSPS) is 31.0. The Morgan fingerprint density at radius 2 is 1.77 bits per heavy atom. The lowest BCUT2D eigenvalue weighted by atomic mass is 9.95. The number of aliphatic hydroxyl groups excluding tert-OH is 4. The third-order valence-electron chi connectivity index (χ3n) is 5.23. The van der Waals surface area contributed by atoms with Crippen LogP contribution < -0.4 is 9.47 Å². The number of fused-ring (bicyclic) bond motifs is 1. The second-order valence-corrected chi connectivity index (χ2v) is 7.28. The van der Waals surface area contributed by atoms with Crippen molar-refractivity contribution < 1.29 is 44.5 Å². The summed E-state index contributed by atoms with van der Waals surface area (Å²) in [6.07, 6.45) is -8.00. The summed E-state index contributed by atoms with van der Waals surface area (Å²) >= 11 is 0. The van der Waals surface area contributed by atoms with Crippen LogP contribution in [-0.2, 0) is 4.74 Å². The van der Waals surface area contributed by atoms with Gasteiger partial charge in [0.25, 0.3) is 0 Å². The van der Waals surface area contributed by atoms with Gasteiger partial charge in [-0.1, -0.05) is 30.3 Å². The molecule has 9 heteroatoms. The number of ketones is 1. The van der Waals surface area contributed by atoms with Crippen LogP contribution in [0.15, 0.2) is 42.5 Å². The van der Waals surface area contributed by atoms with E-state index in [4.69, 9.17) is 14.2 Å². The van der Waals surface area contributed by atoms with Gasteiger partial charge < -0.3 is 39.7 Å². The van der Waals surface area contributed by atoms with E-state index < -0.39 is 43.4 Å². The van der Waals surface area contributed by atoms with Gasteiger partial charge in [-0.15, -0.1) is 0 Å². The van der Waals surface area contributed by atoms with Gasteiger partial charge in [-0.05, 0) is 5.56 Å². The van der Waals surface area contributed by atoms with Crippen molar-refractivity contribution in [1.82, 2.24) is 0 Å². The maximum atomic E-state index is 12.9. The highest BCUT2D eigenvalue weighted by Gasteiger charge is 2.45. The number of aliphatic hydroxyl groups is 4. The standard InChI is InChI=1S/C21H22O9/c22-9-16-18(25)19(26)20(27)21(30-16)29-15-7-11(23)6-14-17(15)12(24)8-13(28-14)10-4-2-1-3-5-10/h1-7,13,16,18-23,25-27H,8-9H2/t13-,16-,18+,19+,20+,21-/m0/s1. The quantitative estimate of drug-likeness (QED) is 0.472. The number of carbonyl (C=O) groups is 1. The molecule has 0 aromatic heterocycles. The Balaban J connectivity index is 1.63. The lowest BCUT2D eigenvalue weighted by molar-refractivity contribution is -0.277. The van der Waals surface area contributed by atoms with Crippen LogP contribution in [0.5, 0.6) is 17.2 Å². The fourth-order valence-electron chi connectivity index (χ4n) is 3.65. The highest BCUT2D eigenvalue weighted by Crippen LogP contribution is 2.43. The largest absolute Gasteiger partial charge is 0.508 e. The lowest BCUT2D eigenvalue weighted by Crippen LogP contribution is -2.60. The molecule has 4 rings (SSSR count). The fourth-order valence-corrected chi connectivity index (χ4v) is 3.65. The molecule has 0 bridgehead atoms. The molecule has 1 fully saturated rings. The number of rotatable bonds is 4. The number of phenolic OH excluding ortho intramolecular Hbond substituents is 1. The first-order valence-corrected chi connectivity index (χ1v) is 9.48. The molecule has 2 aliphatic heterocycles. The van der Waals surface area contributed by atoms with E-state index in [0.717, 1.165) is 5.56 Å². The summed E-state index contributed by atoms with van der Waals surface area (Å²) in [6, 6.07) is 11.6. The summed E-state index contributed by atoms with van der Waals surface area (Å²) in [5.41, 5.74) is 0.869. The minimum atomic E-state index is -1.66. The summed E-state index contributed by atoms with van der Waals surface area (Å²) in [7, 11) is 0. The molecule has 5 N–H and O–H groups in total. The van der Waals surface area contributed by atoms with E-state index in [-0.39, 0.29) is 35.0 Å². The van der Waals surface area contributed by atoms with Crippen LogP contribution in [-0.4, -0.2) is 68.6 Å². The predicted molar refractivity (Wildman–Crippen MR) is 101 cm³/mol. The van der Waals surface area contributed by atoms with Crippen LogP contribution in [0.4, 0.5) is 0 Å². The molecule has 160 valence electrons. The second kappa shape index (κ2) is 8.21. The Morgan fingerprint density at radius 1 is 1.03 bits per heavy atom. The van der Waals surface area contributed by atoms with E-state index in [9.17, 15) is 30.3 Å². The average Bonchev–Trinajstić information content (AvgIpc) is 2.74. The molecule has 0 radical (unpaired) electrons. The van der Waals surface area contributed by atoms with Crippen molar-refractivity contribution in [3.05, 3.63) is 53.6 Å². The van der Waals surface area contributed by atoms with Crippen LogP contribution in [0, 0.1) is 0 Å². The van der Waals surface area contributed by atoms with Crippen LogP contribution >= 0.6 is 0 Å². The smallest absolute Gasteiger partial charge is 0.229 e. The number of phenols is 1. The minimum absolute atomic E-state index is 0.0346. The van der Waals surface area contributed by atoms with Gasteiger partial charge in [-0.3, -0.25) is 4.79 Å². The lowest BCUT2D eigenvalue weighted by Gasteiger charge is -2.40. The molecule has 0 aliphatic carbocycles. The van der Waals surface area contributed by atoms with Gasteiger partial charge in [-0.2, -0.15) is 0 Å². The zero-order valence-electron chi connectivity index (χ0n) is 15.8. The number of aromatic hydroxyl groups is 1. The van der Waals surface area contributed by atoms with E-state index in [1.807, 2.05) is 30.3 Å². The van der Waals surface area contributed by atoms with Gasteiger partial charge in [0, 0.05) is 12.1 Å². The summed E-state index contributed by atoms with van der Waals surface area (Å²) < 4.78 is 16.8. The highest BCUT2D eigenvalue weighted by molar-refractivity contribution is 6.02. The van der Waals surface area contributed by atoms with Gasteiger partial charge in [0.15, 0.2) is 5.78 Å². The van der Waals surface area contributed by atoms with Crippen molar-refractivity contribution in [3.63, 3.8) is 0 Å².